The number of hydrogen-bond acceptors (Lipinski definition) is 2. The van der Waals surface area contributed by atoms with Crippen molar-refractivity contribution in [2.75, 3.05) is 6.54 Å². The van der Waals surface area contributed by atoms with Crippen LogP contribution < -0.4 is 5.32 Å². The molecule has 1 aliphatic heterocycles. The van der Waals surface area contributed by atoms with Crippen molar-refractivity contribution in [2.24, 2.45) is 0 Å². The number of dihydropyridines is 1. The molecule has 9 aromatic carbocycles. The van der Waals surface area contributed by atoms with Crippen LogP contribution in [0.25, 0.3) is 110 Å². The molecule has 0 atom stereocenters. The molecule has 276 valence electrons. The van der Waals surface area contributed by atoms with Crippen molar-refractivity contribution in [3.63, 3.8) is 0 Å². The molecule has 0 unspecified atom stereocenters. The standard InChI is InChI=1S/C56H37N3/c1-2-16-44(17-3-1)59-51-28-26-41(35-49(51)55-52(59)29-31-58-56(55)50-20-10-11-30-57-50)40-25-27-47-48(34-40)54(43-24-22-37-13-5-7-15-39(37)33-43)46-19-9-8-18-45(46)53(47)42-23-21-36-12-4-6-14-38(36)32-42/h1-29,31-35,57H,30H2. The van der Waals surface area contributed by atoms with Gasteiger partial charge in [0.2, 0.25) is 0 Å². The van der Waals surface area contributed by atoms with Gasteiger partial charge in [-0.2, -0.15) is 0 Å². The van der Waals surface area contributed by atoms with Crippen molar-refractivity contribution in [2.45, 2.75) is 0 Å². The molecule has 11 aromatic rings. The third-order valence-corrected chi connectivity index (χ3v) is 12.2. The number of para-hydroxylation sites is 1. The monoisotopic (exact) mass is 751 g/mol. The van der Waals surface area contributed by atoms with Crippen LogP contribution in [0, 0.1) is 0 Å². The first kappa shape index (κ1) is 33.4. The zero-order valence-corrected chi connectivity index (χ0v) is 32.2. The van der Waals surface area contributed by atoms with E-state index < -0.39 is 0 Å². The van der Waals surface area contributed by atoms with Crippen LogP contribution in [0.5, 0.6) is 0 Å². The molecule has 0 aliphatic carbocycles. The van der Waals surface area contributed by atoms with E-state index in [0.29, 0.717) is 0 Å². The minimum Gasteiger partial charge on any atom is -0.380 e. The molecule has 0 spiro atoms. The summed E-state index contributed by atoms with van der Waals surface area (Å²) < 4.78 is 2.37. The number of nitrogens with zero attached hydrogens (tertiary/aromatic N) is 2. The fraction of sp³-hybridized carbons (Fsp3) is 0.0179. The molecule has 0 radical (unpaired) electrons. The van der Waals surface area contributed by atoms with Crippen molar-refractivity contribution < 1.29 is 0 Å². The average molecular weight is 752 g/mol. The van der Waals surface area contributed by atoms with Crippen LogP contribution in [0.3, 0.4) is 0 Å². The number of hydrogen-bond donors (Lipinski definition) is 1. The van der Waals surface area contributed by atoms with Crippen molar-refractivity contribution in [3.05, 3.63) is 212 Å². The number of fused-ring (bicyclic) bond motifs is 7. The van der Waals surface area contributed by atoms with E-state index in [2.05, 4.69) is 210 Å². The number of pyridine rings is 1. The van der Waals surface area contributed by atoms with Crippen molar-refractivity contribution in [3.8, 4) is 39.1 Å². The average Bonchev–Trinajstić information content (AvgIpc) is 3.65. The molecule has 12 rings (SSSR count). The second-order valence-corrected chi connectivity index (χ2v) is 15.5. The van der Waals surface area contributed by atoms with E-state index in [9.17, 15) is 0 Å². The summed E-state index contributed by atoms with van der Waals surface area (Å²) in [6.07, 6.45) is 8.32. The lowest BCUT2D eigenvalue weighted by atomic mass is 9.84. The molecule has 1 aliphatic rings. The Hall–Kier alpha value is -7.75. The smallest absolute Gasteiger partial charge is 0.0961 e. The zero-order chi connectivity index (χ0) is 38.9. The predicted octanol–water partition coefficient (Wildman–Crippen LogP) is 14.3. The van der Waals surface area contributed by atoms with E-state index in [4.69, 9.17) is 4.98 Å². The van der Waals surface area contributed by atoms with Gasteiger partial charge in [-0.25, -0.2) is 0 Å². The Kier molecular flexibility index (Phi) is 7.60. The van der Waals surface area contributed by atoms with Gasteiger partial charge in [-0.15, -0.1) is 0 Å². The van der Waals surface area contributed by atoms with Gasteiger partial charge in [-0.1, -0.05) is 146 Å². The topological polar surface area (TPSA) is 29.9 Å². The fourth-order valence-corrected chi connectivity index (χ4v) is 9.50. The van der Waals surface area contributed by atoms with E-state index in [1.807, 2.05) is 6.20 Å². The van der Waals surface area contributed by atoms with Crippen LogP contribution in [0.2, 0.25) is 0 Å². The molecule has 59 heavy (non-hydrogen) atoms. The second-order valence-electron chi connectivity index (χ2n) is 15.5. The second kappa shape index (κ2) is 13.4. The van der Waals surface area contributed by atoms with Gasteiger partial charge in [0.15, 0.2) is 0 Å². The molecular weight excluding hydrogens is 715 g/mol. The molecule has 2 aromatic heterocycles. The molecular formula is C56H37N3. The Bertz CT molecular complexity index is 3550. The van der Waals surface area contributed by atoms with Crippen molar-refractivity contribution in [1.29, 1.82) is 0 Å². The first-order valence-electron chi connectivity index (χ1n) is 20.3. The summed E-state index contributed by atoms with van der Waals surface area (Å²) in [4.78, 5) is 5.01. The minimum atomic E-state index is 0.777. The van der Waals surface area contributed by atoms with Gasteiger partial charge >= 0.3 is 0 Å². The number of benzene rings is 9. The first-order valence-corrected chi connectivity index (χ1v) is 20.3. The Morgan fingerprint density at radius 3 is 1.69 bits per heavy atom. The lowest BCUT2D eigenvalue weighted by Gasteiger charge is -2.19. The summed E-state index contributed by atoms with van der Waals surface area (Å²) in [7, 11) is 0. The Balaban J connectivity index is 1.15. The summed E-state index contributed by atoms with van der Waals surface area (Å²) in [5.41, 5.74) is 12.7. The Morgan fingerprint density at radius 2 is 1.02 bits per heavy atom. The molecule has 3 heterocycles. The Labute approximate surface area is 341 Å². The van der Waals surface area contributed by atoms with Gasteiger partial charge in [0, 0.05) is 29.2 Å². The molecule has 3 nitrogen and oxygen atoms in total. The van der Waals surface area contributed by atoms with E-state index in [1.54, 1.807) is 0 Å². The largest absolute Gasteiger partial charge is 0.380 e. The third-order valence-electron chi connectivity index (χ3n) is 12.2. The maximum absolute atomic E-state index is 5.01. The van der Waals surface area contributed by atoms with Gasteiger partial charge in [-0.05, 0) is 131 Å². The predicted molar refractivity (Wildman–Crippen MR) is 250 cm³/mol. The number of allylic oxidation sites excluding steroid dienone is 2. The van der Waals surface area contributed by atoms with E-state index >= 15 is 0 Å². The van der Waals surface area contributed by atoms with Gasteiger partial charge in [0.1, 0.15) is 0 Å². The SMILES string of the molecule is C1=CCNC(c2nccc3c2c2cc(-c4ccc5c(-c6ccc7ccccc7c6)c6ccccc6c(-c6ccc7ccccc7c6)c5c4)ccc2n3-c2ccccc2)=C1. The number of aromatic nitrogens is 2. The molecule has 0 bridgehead atoms. The van der Waals surface area contributed by atoms with Crippen LogP contribution in [0.4, 0.5) is 0 Å². The molecule has 0 saturated carbocycles. The molecule has 3 heteroatoms. The normalized spacial score (nSPS) is 12.8. The summed E-state index contributed by atoms with van der Waals surface area (Å²) >= 11 is 0. The minimum absolute atomic E-state index is 0.777. The summed E-state index contributed by atoms with van der Waals surface area (Å²) in [6.45, 7) is 0.777. The highest BCUT2D eigenvalue weighted by Gasteiger charge is 2.21. The highest BCUT2D eigenvalue weighted by molar-refractivity contribution is 6.23. The van der Waals surface area contributed by atoms with Gasteiger partial charge < -0.3 is 9.88 Å². The van der Waals surface area contributed by atoms with Crippen LogP contribution >= 0.6 is 0 Å². The Morgan fingerprint density at radius 1 is 0.441 bits per heavy atom. The molecule has 0 saturated heterocycles. The van der Waals surface area contributed by atoms with E-state index in [-0.39, 0.29) is 0 Å². The molecule has 1 N–H and O–H groups in total. The summed E-state index contributed by atoms with van der Waals surface area (Å²) in [5.74, 6) is 0. The van der Waals surface area contributed by atoms with E-state index in [0.717, 1.165) is 45.6 Å². The van der Waals surface area contributed by atoms with Crippen molar-refractivity contribution >= 4 is 70.6 Å². The zero-order valence-electron chi connectivity index (χ0n) is 32.2. The summed E-state index contributed by atoms with van der Waals surface area (Å²) in [5, 5.41) is 15.8. The van der Waals surface area contributed by atoms with Gasteiger partial charge in [-0.3, -0.25) is 4.98 Å². The van der Waals surface area contributed by atoms with Crippen LogP contribution in [-0.4, -0.2) is 16.1 Å². The van der Waals surface area contributed by atoms with Crippen molar-refractivity contribution in [1.82, 2.24) is 14.9 Å². The van der Waals surface area contributed by atoms with E-state index in [1.165, 1.54) is 76.3 Å². The third kappa shape index (κ3) is 5.40. The molecule has 0 amide bonds. The fourth-order valence-electron chi connectivity index (χ4n) is 9.50. The van der Waals surface area contributed by atoms with Gasteiger partial charge in [0.25, 0.3) is 0 Å². The highest BCUT2D eigenvalue weighted by atomic mass is 15.0. The highest BCUT2D eigenvalue weighted by Crippen LogP contribution is 2.46. The van der Waals surface area contributed by atoms with Crippen LogP contribution in [0.15, 0.2) is 206 Å². The quantitative estimate of drug-likeness (QED) is 0.178. The number of nitrogens with one attached hydrogen (secondary N) is 1. The van der Waals surface area contributed by atoms with Gasteiger partial charge in [0.05, 0.1) is 22.4 Å². The lowest BCUT2D eigenvalue weighted by Crippen LogP contribution is -2.15. The number of rotatable bonds is 5. The van der Waals surface area contributed by atoms with Crippen LogP contribution in [0.1, 0.15) is 5.69 Å². The lowest BCUT2D eigenvalue weighted by molar-refractivity contribution is 0.985. The van der Waals surface area contributed by atoms with Crippen LogP contribution in [-0.2, 0) is 0 Å². The molecule has 0 fully saturated rings. The summed E-state index contributed by atoms with van der Waals surface area (Å²) in [6, 6.07) is 67.0. The maximum Gasteiger partial charge on any atom is 0.0961 e. The first-order chi connectivity index (χ1) is 29.3. The maximum atomic E-state index is 5.01.